The number of nitrogens with two attached hydrogens (primary N) is 1. The van der Waals surface area contributed by atoms with Gasteiger partial charge in [0.2, 0.25) is 0 Å². The third kappa shape index (κ3) is 2.46. The van der Waals surface area contributed by atoms with Gasteiger partial charge in [-0.05, 0) is 39.2 Å². The van der Waals surface area contributed by atoms with Crippen molar-refractivity contribution in [3.05, 3.63) is 0 Å². The summed E-state index contributed by atoms with van der Waals surface area (Å²) in [6.45, 7) is 9.06. The average Bonchev–Trinajstić information content (AvgIpc) is 1.98. The molecule has 1 heterocycles. The summed E-state index contributed by atoms with van der Waals surface area (Å²) >= 11 is 0. The minimum absolute atomic E-state index is 0.317. The van der Waals surface area contributed by atoms with Gasteiger partial charge < -0.3 is 5.73 Å². The number of piperidine rings is 1. The molecule has 0 aliphatic carbocycles. The van der Waals surface area contributed by atoms with Gasteiger partial charge in [-0.15, -0.1) is 0 Å². The minimum atomic E-state index is 0.317. The van der Waals surface area contributed by atoms with E-state index in [4.69, 9.17) is 5.73 Å². The van der Waals surface area contributed by atoms with Gasteiger partial charge in [-0.25, -0.2) is 0 Å². The van der Waals surface area contributed by atoms with Gasteiger partial charge in [0, 0.05) is 18.6 Å². The molecule has 0 aromatic rings. The second-order valence-electron chi connectivity index (χ2n) is 4.33. The normalized spacial score (nSPS) is 35.0. The van der Waals surface area contributed by atoms with Crippen LogP contribution in [0.25, 0.3) is 0 Å². The summed E-state index contributed by atoms with van der Waals surface area (Å²) in [5.41, 5.74) is 5.79. The van der Waals surface area contributed by atoms with Crippen LogP contribution in [0.1, 0.15) is 33.6 Å². The lowest BCUT2D eigenvalue weighted by Gasteiger charge is -2.38. The van der Waals surface area contributed by atoms with Crippen LogP contribution in [0, 0.1) is 5.92 Å². The summed E-state index contributed by atoms with van der Waals surface area (Å²) in [6, 6.07) is 1.04. The first-order chi connectivity index (χ1) is 5.61. The zero-order valence-corrected chi connectivity index (χ0v) is 8.59. The van der Waals surface area contributed by atoms with Crippen molar-refractivity contribution in [1.29, 1.82) is 0 Å². The van der Waals surface area contributed by atoms with Crippen LogP contribution in [0.5, 0.6) is 0 Å². The molecule has 0 amide bonds. The maximum atomic E-state index is 5.79. The van der Waals surface area contributed by atoms with E-state index in [1.807, 2.05) is 0 Å². The van der Waals surface area contributed by atoms with Crippen LogP contribution in [-0.4, -0.2) is 30.1 Å². The van der Waals surface area contributed by atoms with Crippen molar-refractivity contribution in [3.8, 4) is 0 Å². The van der Waals surface area contributed by atoms with Crippen LogP contribution in [0.2, 0.25) is 0 Å². The molecule has 0 aromatic carbocycles. The molecular formula is C10H22N2. The number of hydrogen-bond donors (Lipinski definition) is 1. The lowest BCUT2D eigenvalue weighted by atomic mass is 9.92. The molecule has 0 bridgehead atoms. The van der Waals surface area contributed by atoms with Crippen LogP contribution >= 0.6 is 0 Å². The molecule has 1 aliphatic heterocycles. The fourth-order valence-electron chi connectivity index (χ4n) is 2.05. The Morgan fingerprint density at radius 1 is 1.50 bits per heavy atom. The molecule has 12 heavy (non-hydrogen) atoms. The van der Waals surface area contributed by atoms with Gasteiger partial charge in [0.25, 0.3) is 0 Å². The van der Waals surface area contributed by atoms with Gasteiger partial charge in [-0.3, -0.25) is 4.90 Å². The van der Waals surface area contributed by atoms with Crippen molar-refractivity contribution >= 4 is 0 Å². The molecule has 0 spiro atoms. The van der Waals surface area contributed by atoms with Crippen molar-refractivity contribution < 1.29 is 0 Å². The Balaban J connectivity index is 2.41. The highest BCUT2D eigenvalue weighted by atomic mass is 15.2. The van der Waals surface area contributed by atoms with E-state index in [0.717, 1.165) is 18.5 Å². The van der Waals surface area contributed by atoms with E-state index >= 15 is 0 Å². The molecular weight excluding hydrogens is 148 g/mol. The van der Waals surface area contributed by atoms with Gasteiger partial charge >= 0.3 is 0 Å². The molecule has 1 fully saturated rings. The summed E-state index contributed by atoms with van der Waals surface area (Å²) < 4.78 is 0. The monoisotopic (exact) mass is 170 g/mol. The fourth-order valence-corrected chi connectivity index (χ4v) is 2.05. The van der Waals surface area contributed by atoms with Crippen LogP contribution < -0.4 is 5.73 Å². The summed E-state index contributed by atoms with van der Waals surface area (Å²) in [7, 11) is 0. The lowest BCUT2D eigenvalue weighted by molar-refractivity contribution is 0.109. The molecule has 2 heteroatoms. The fraction of sp³-hybridized carbons (Fsp3) is 1.00. The summed E-state index contributed by atoms with van der Waals surface area (Å²) in [5.74, 6) is 0.845. The number of hydrogen-bond acceptors (Lipinski definition) is 2. The zero-order chi connectivity index (χ0) is 9.14. The SMILES string of the molecule is CC1CCCN(C[C@@H](C)N)C1C. The van der Waals surface area contributed by atoms with Crippen LogP contribution in [0.4, 0.5) is 0 Å². The molecule has 1 rings (SSSR count). The summed E-state index contributed by atoms with van der Waals surface area (Å²) in [6.07, 6.45) is 2.73. The van der Waals surface area contributed by atoms with Crippen molar-refractivity contribution in [2.75, 3.05) is 13.1 Å². The van der Waals surface area contributed by atoms with Gasteiger partial charge in [0.05, 0.1) is 0 Å². The van der Waals surface area contributed by atoms with Gasteiger partial charge in [0.15, 0.2) is 0 Å². The molecule has 0 aromatic heterocycles. The van der Waals surface area contributed by atoms with Crippen molar-refractivity contribution in [3.63, 3.8) is 0 Å². The van der Waals surface area contributed by atoms with Crippen LogP contribution in [-0.2, 0) is 0 Å². The highest BCUT2D eigenvalue weighted by Crippen LogP contribution is 2.22. The van der Waals surface area contributed by atoms with Crippen LogP contribution in [0.15, 0.2) is 0 Å². The second kappa shape index (κ2) is 4.24. The molecule has 0 saturated carbocycles. The molecule has 1 aliphatic rings. The van der Waals surface area contributed by atoms with E-state index in [1.165, 1.54) is 19.4 Å². The molecule has 1 saturated heterocycles. The van der Waals surface area contributed by atoms with Gasteiger partial charge in [0.1, 0.15) is 0 Å². The first kappa shape index (κ1) is 10.0. The molecule has 0 radical (unpaired) electrons. The van der Waals surface area contributed by atoms with Crippen molar-refractivity contribution in [1.82, 2.24) is 4.90 Å². The Labute approximate surface area is 76.1 Å². The van der Waals surface area contributed by atoms with Gasteiger partial charge in [-0.1, -0.05) is 6.92 Å². The highest BCUT2D eigenvalue weighted by molar-refractivity contribution is 4.79. The maximum Gasteiger partial charge on any atom is 0.0139 e. The molecule has 2 N–H and O–H groups in total. The zero-order valence-electron chi connectivity index (χ0n) is 8.59. The van der Waals surface area contributed by atoms with E-state index < -0.39 is 0 Å². The first-order valence-electron chi connectivity index (χ1n) is 5.11. The molecule has 3 atom stereocenters. The molecule has 2 unspecified atom stereocenters. The smallest absolute Gasteiger partial charge is 0.0139 e. The van der Waals surface area contributed by atoms with E-state index in [9.17, 15) is 0 Å². The minimum Gasteiger partial charge on any atom is -0.327 e. The van der Waals surface area contributed by atoms with Crippen molar-refractivity contribution in [2.24, 2.45) is 11.7 Å². The Hall–Kier alpha value is -0.0800. The predicted molar refractivity (Wildman–Crippen MR) is 53.1 cm³/mol. The first-order valence-corrected chi connectivity index (χ1v) is 5.11. The van der Waals surface area contributed by atoms with Crippen molar-refractivity contribution in [2.45, 2.75) is 45.7 Å². The quantitative estimate of drug-likeness (QED) is 0.679. The number of rotatable bonds is 2. The van der Waals surface area contributed by atoms with E-state index in [-0.39, 0.29) is 0 Å². The summed E-state index contributed by atoms with van der Waals surface area (Å²) in [5, 5.41) is 0. The largest absolute Gasteiger partial charge is 0.327 e. The predicted octanol–water partition coefficient (Wildman–Crippen LogP) is 1.45. The lowest BCUT2D eigenvalue weighted by Crippen LogP contribution is -2.47. The number of nitrogens with zero attached hydrogens (tertiary/aromatic N) is 1. The van der Waals surface area contributed by atoms with Crippen LogP contribution in [0.3, 0.4) is 0 Å². The Bertz CT molecular complexity index is 134. The van der Waals surface area contributed by atoms with E-state index in [0.29, 0.717) is 6.04 Å². The summed E-state index contributed by atoms with van der Waals surface area (Å²) in [4.78, 5) is 2.53. The molecule has 72 valence electrons. The van der Waals surface area contributed by atoms with Gasteiger partial charge in [-0.2, -0.15) is 0 Å². The van der Waals surface area contributed by atoms with E-state index in [2.05, 4.69) is 25.7 Å². The molecule has 2 nitrogen and oxygen atoms in total. The average molecular weight is 170 g/mol. The Morgan fingerprint density at radius 2 is 2.17 bits per heavy atom. The Kier molecular flexibility index (Phi) is 3.53. The third-order valence-electron chi connectivity index (χ3n) is 3.03. The van der Waals surface area contributed by atoms with E-state index in [1.54, 1.807) is 0 Å². The maximum absolute atomic E-state index is 5.79. The topological polar surface area (TPSA) is 29.3 Å². The number of likely N-dealkylation sites (tertiary alicyclic amines) is 1. The highest BCUT2D eigenvalue weighted by Gasteiger charge is 2.24. The Morgan fingerprint density at radius 3 is 2.75 bits per heavy atom. The standard InChI is InChI=1S/C10H22N2/c1-8-5-4-6-12(10(8)3)7-9(2)11/h8-10H,4-7,11H2,1-3H3/t8?,9-,10?/m1/s1. The second-order valence-corrected chi connectivity index (χ2v) is 4.33. The third-order valence-corrected chi connectivity index (χ3v) is 3.03.